The highest BCUT2D eigenvalue weighted by atomic mass is 35.5. The van der Waals surface area contributed by atoms with E-state index in [0.29, 0.717) is 26.4 Å². The van der Waals surface area contributed by atoms with Crippen LogP contribution in [0.25, 0.3) is 0 Å². The fraction of sp³-hybridized carbons (Fsp3) is 1.00. The normalized spacial score (nSPS) is 12.0. The van der Waals surface area contributed by atoms with Crippen LogP contribution in [-0.2, 0) is 18.9 Å². The molecule has 0 rings (SSSR count). The Morgan fingerprint density at radius 2 is 1.43 bits per heavy atom. The Morgan fingerprint density at radius 3 is 1.71 bits per heavy atom. The molecule has 0 bridgehead atoms. The molecule has 14 heavy (non-hydrogen) atoms. The van der Waals surface area contributed by atoms with Gasteiger partial charge < -0.3 is 18.9 Å². The lowest BCUT2D eigenvalue weighted by Gasteiger charge is -2.27. The van der Waals surface area contributed by atoms with Gasteiger partial charge in [-0.2, -0.15) is 0 Å². The summed E-state index contributed by atoms with van der Waals surface area (Å²) in [4.78, 5) is 0. The Bertz CT molecular complexity index is 127. The molecule has 0 saturated heterocycles. The van der Waals surface area contributed by atoms with Gasteiger partial charge in [0.15, 0.2) is 5.41 Å². The number of hydrogen-bond donors (Lipinski definition) is 0. The summed E-state index contributed by atoms with van der Waals surface area (Å²) in [6.45, 7) is 1.83. The number of hydrogen-bond acceptors (Lipinski definition) is 4. The third-order valence-electron chi connectivity index (χ3n) is 1.42. The molecule has 0 aliphatic rings. The minimum atomic E-state index is -0.946. The first-order valence-corrected chi connectivity index (χ1v) is 5.28. The third-order valence-corrected chi connectivity index (χ3v) is 2.46. The predicted molar refractivity (Wildman–Crippen MR) is 54.9 cm³/mol. The van der Waals surface area contributed by atoms with E-state index in [1.165, 1.54) is 0 Å². The van der Waals surface area contributed by atoms with Crippen LogP contribution in [0.3, 0.4) is 0 Å². The summed E-state index contributed by atoms with van der Waals surface area (Å²) in [6, 6.07) is 0. The molecular formula is C8H16ClO4Si. The van der Waals surface area contributed by atoms with E-state index in [1.54, 1.807) is 14.2 Å². The topological polar surface area (TPSA) is 36.9 Å². The molecule has 0 amide bonds. The van der Waals surface area contributed by atoms with Crippen molar-refractivity contribution in [1.29, 1.82) is 0 Å². The van der Waals surface area contributed by atoms with Crippen molar-refractivity contribution < 1.29 is 18.9 Å². The predicted octanol–water partition coefficient (Wildman–Crippen LogP) is 0.373. The van der Waals surface area contributed by atoms with Gasteiger partial charge in [-0.25, -0.2) is 0 Å². The monoisotopic (exact) mass is 239 g/mol. The summed E-state index contributed by atoms with van der Waals surface area (Å²) in [5, 5.41) is 0. The Labute approximate surface area is 93.2 Å². The molecule has 0 aromatic carbocycles. The first kappa shape index (κ1) is 14.3. The van der Waals surface area contributed by atoms with Crippen molar-refractivity contribution in [3.8, 4) is 0 Å². The maximum atomic E-state index is 5.69. The Balaban J connectivity index is 3.67. The Morgan fingerprint density at radius 1 is 1.00 bits per heavy atom. The van der Waals surface area contributed by atoms with Crippen molar-refractivity contribution >= 4 is 21.8 Å². The minimum absolute atomic E-state index is 0.192. The van der Waals surface area contributed by atoms with Crippen molar-refractivity contribution in [3.05, 3.63) is 0 Å². The van der Waals surface area contributed by atoms with Gasteiger partial charge in [-0.15, -0.1) is 11.6 Å². The molecule has 83 valence electrons. The van der Waals surface area contributed by atoms with E-state index in [4.69, 9.17) is 30.5 Å². The average molecular weight is 240 g/mol. The first-order valence-electron chi connectivity index (χ1n) is 4.25. The van der Waals surface area contributed by atoms with Crippen molar-refractivity contribution in [2.45, 2.75) is 5.41 Å². The zero-order chi connectivity index (χ0) is 10.9. The van der Waals surface area contributed by atoms with E-state index in [2.05, 4.69) is 10.2 Å². The van der Waals surface area contributed by atoms with Crippen LogP contribution in [0.15, 0.2) is 0 Å². The van der Waals surface area contributed by atoms with E-state index in [0.717, 1.165) is 0 Å². The number of rotatable bonds is 9. The van der Waals surface area contributed by atoms with Crippen LogP contribution in [0.2, 0.25) is 0 Å². The molecule has 0 aromatic heterocycles. The van der Waals surface area contributed by atoms with Crippen LogP contribution in [0.4, 0.5) is 0 Å². The van der Waals surface area contributed by atoms with Gasteiger partial charge in [-0.1, -0.05) is 0 Å². The number of ether oxygens (including phenoxy) is 4. The molecule has 0 saturated carbocycles. The Hall–Kier alpha value is 0.347. The number of halogens is 1. The van der Waals surface area contributed by atoms with Crippen LogP contribution in [0.5, 0.6) is 0 Å². The van der Waals surface area contributed by atoms with Crippen molar-refractivity contribution in [1.82, 2.24) is 0 Å². The van der Waals surface area contributed by atoms with Crippen LogP contribution in [-0.4, -0.2) is 62.2 Å². The van der Waals surface area contributed by atoms with Crippen molar-refractivity contribution in [2.24, 2.45) is 0 Å². The molecule has 0 unspecified atom stereocenters. The summed E-state index contributed by atoms with van der Waals surface area (Å²) in [5.41, 5.74) is -0.946. The second kappa shape index (κ2) is 8.64. The van der Waals surface area contributed by atoms with Crippen LogP contribution < -0.4 is 0 Å². The molecule has 0 fully saturated rings. The molecule has 0 spiro atoms. The van der Waals surface area contributed by atoms with Gasteiger partial charge >= 0.3 is 0 Å². The molecule has 0 aliphatic heterocycles. The summed E-state index contributed by atoms with van der Waals surface area (Å²) in [5.74, 6) is 0.192. The van der Waals surface area contributed by atoms with Gasteiger partial charge in [0.2, 0.25) is 0 Å². The summed E-state index contributed by atoms with van der Waals surface area (Å²) >= 11 is 5.69. The Kier molecular flexibility index (Phi) is 8.85. The molecule has 0 N–H and O–H groups in total. The van der Waals surface area contributed by atoms with Crippen LogP contribution >= 0.6 is 11.6 Å². The molecule has 4 nitrogen and oxygen atoms in total. The van der Waals surface area contributed by atoms with E-state index in [1.807, 2.05) is 0 Å². The molecule has 0 heterocycles. The molecule has 0 aromatic rings. The summed E-state index contributed by atoms with van der Waals surface area (Å²) in [6.07, 6.45) is 0. The third kappa shape index (κ3) is 6.75. The molecular weight excluding hydrogens is 224 g/mol. The first-order chi connectivity index (χ1) is 6.68. The smallest absolute Gasteiger partial charge is 0.157 e. The largest absolute Gasteiger partial charge is 0.382 e. The lowest BCUT2D eigenvalue weighted by Crippen LogP contribution is -2.40. The number of methoxy groups -OCH3 is 2. The SMILES string of the molecule is COCCOC([Si])(CCl)OCCOC. The van der Waals surface area contributed by atoms with E-state index in [-0.39, 0.29) is 5.88 Å². The highest BCUT2D eigenvalue weighted by Crippen LogP contribution is 2.10. The summed E-state index contributed by atoms with van der Waals surface area (Å²) < 4.78 is 20.4. The zero-order valence-electron chi connectivity index (χ0n) is 8.55. The van der Waals surface area contributed by atoms with Gasteiger partial charge in [0.05, 0.1) is 32.3 Å². The van der Waals surface area contributed by atoms with Crippen molar-refractivity contribution in [2.75, 3.05) is 46.5 Å². The van der Waals surface area contributed by atoms with Gasteiger partial charge in [0.1, 0.15) is 10.2 Å². The van der Waals surface area contributed by atoms with Gasteiger partial charge in [-0.05, 0) is 0 Å². The number of alkyl halides is 1. The van der Waals surface area contributed by atoms with Gasteiger partial charge in [-0.3, -0.25) is 0 Å². The second-order valence-electron chi connectivity index (χ2n) is 2.57. The fourth-order valence-electron chi connectivity index (χ4n) is 0.699. The van der Waals surface area contributed by atoms with Gasteiger partial charge in [0, 0.05) is 14.2 Å². The highest BCUT2D eigenvalue weighted by Gasteiger charge is 2.24. The quantitative estimate of drug-likeness (QED) is 0.252. The van der Waals surface area contributed by atoms with Gasteiger partial charge in [0.25, 0.3) is 0 Å². The maximum Gasteiger partial charge on any atom is 0.157 e. The minimum Gasteiger partial charge on any atom is -0.382 e. The molecule has 0 aliphatic carbocycles. The van der Waals surface area contributed by atoms with Crippen LogP contribution in [0.1, 0.15) is 0 Å². The summed E-state index contributed by atoms with van der Waals surface area (Å²) in [7, 11) is 6.52. The van der Waals surface area contributed by atoms with Crippen LogP contribution in [0, 0.1) is 0 Å². The standard InChI is InChI=1S/C8H16ClO4Si/c1-10-3-5-12-8(14,7-9)13-6-4-11-2/h3-7H2,1-2H3. The maximum absolute atomic E-state index is 5.69. The van der Waals surface area contributed by atoms with E-state index >= 15 is 0 Å². The fourth-order valence-corrected chi connectivity index (χ4v) is 1.06. The highest BCUT2D eigenvalue weighted by molar-refractivity contribution is 6.25. The zero-order valence-corrected chi connectivity index (χ0v) is 10.3. The molecule has 6 heteroatoms. The van der Waals surface area contributed by atoms with E-state index in [9.17, 15) is 0 Å². The van der Waals surface area contributed by atoms with Crippen molar-refractivity contribution in [3.63, 3.8) is 0 Å². The molecule has 0 atom stereocenters. The lowest BCUT2D eigenvalue weighted by molar-refractivity contribution is -0.175. The lowest BCUT2D eigenvalue weighted by atomic mass is 10.6. The van der Waals surface area contributed by atoms with E-state index < -0.39 is 5.41 Å². The second-order valence-corrected chi connectivity index (χ2v) is 3.60. The average Bonchev–Trinajstić information content (AvgIpc) is 2.19. The molecule has 3 radical (unpaired) electrons.